The molecule has 88 valence electrons. The molecule has 2 heteroatoms. The summed E-state index contributed by atoms with van der Waals surface area (Å²) in [7, 11) is 0. The lowest BCUT2D eigenvalue weighted by atomic mass is 9.87. The van der Waals surface area contributed by atoms with Gasteiger partial charge in [0.05, 0.1) is 0 Å². The largest absolute Gasteiger partial charge is 0.330 e. The van der Waals surface area contributed by atoms with Crippen molar-refractivity contribution in [3.63, 3.8) is 0 Å². The molecule has 1 nitrogen and oxygen atoms in total. The molecule has 0 bridgehead atoms. The molecule has 0 amide bonds. The second-order valence-corrected chi connectivity index (χ2v) is 4.16. The summed E-state index contributed by atoms with van der Waals surface area (Å²) in [6, 6.07) is 0. The summed E-state index contributed by atoms with van der Waals surface area (Å²) in [6.07, 6.45) is 8.05. The Morgan fingerprint density at radius 1 is 1.00 bits per heavy atom. The quantitative estimate of drug-likeness (QED) is 0.659. The topological polar surface area (TPSA) is 26.0 Å². The van der Waals surface area contributed by atoms with Crippen molar-refractivity contribution in [2.45, 2.75) is 59.3 Å². The second-order valence-electron chi connectivity index (χ2n) is 4.16. The molecule has 2 unspecified atom stereocenters. The summed E-state index contributed by atoms with van der Waals surface area (Å²) in [5, 5.41) is 0. The SMILES string of the molecule is CCCCC(CC)CC(CC)CN.Cl. The third-order valence-corrected chi connectivity index (χ3v) is 3.12. The molecule has 0 aliphatic heterocycles. The lowest BCUT2D eigenvalue weighted by Crippen LogP contribution is -2.17. The summed E-state index contributed by atoms with van der Waals surface area (Å²) in [5.74, 6) is 1.69. The Balaban J connectivity index is 0. The highest BCUT2D eigenvalue weighted by Gasteiger charge is 2.11. The summed E-state index contributed by atoms with van der Waals surface area (Å²) in [4.78, 5) is 0. The van der Waals surface area contributed by atoms with Crippen LogP contribution in [0.2, 0.25) is 0 Å². The van der Waals surface area contributed by atoms with Gasteiger partial charge in [-0.15, -0.1) is 12.4 Å². The van der Waals surface area contributed by atoms with Crippen molar-refractivity contribution in [2.24, 2.45) is 17.6 Å². The van der Waals surface area contributed by atoms with Crippen LogP contribution < -0.4 is 5.73 Å². The minimum absolute atomic E-state index is 0. The van der Waals surface area contributed by atoms with E-state index in [4.69, 9.17) is 5.73 Å². The molecule has 0 aromatic rings. The van der Waals surface area contributed by atoms with Crippen LogP contribution in [0.4, 0.5) is 0 Å². The summed E-state index contributed by atoms with van der Waals surface area (Å²) < 4.78 is 0. The molecule has 14 heavy (non-hydrogen) atoms. The van der Waals surface area contributed by atoms with E-state index in [9.17, 15) is 0 Å². The number of hydrogen-bond acceptors (Lipinski definition) is 1. The van der Waals surface area contributed by atoms with Gasteiger partial charge in [0.1, 0.15) is 0 Å². The van der Waals surface area contributed by atoms with Crippen LogP contribution in [0.25, 0.3) is 0 Å². The van der Waals surface area contributed by atoms with Crippen molar-refractivity contribution in [1.82, 2.24) is 0 Å². The first-order valence-electron chi connectivity index (χ1n) is 5.98. The van der Waals surface area contributed by atoms with Crippen LogP contribution in [0, 0.1) is 11.8 Å². The van der Waals surface area contributed by atoms with E-state index in [1.54, 1.807) is 0 Å². The molecular weight excluding hydrogens is 194 g/mol. The molecule has 0 heterocycles. The van der Waals surface area contributed by atoms with Crippen molar-refractivity contribution in [1.29, 1.82) is 0 Å². The number of unbranched alkanes of at least 4 members (excludes halogenated alkanes) is 1. The number of rotatable bonds is 8. The average Bonchev–Trinajstić information content (AvgIpc) is 2.19. The molecular formula is C12H28ClN. The van der Waals surface area contributed by atoms with Crippen molar-refractivity contribution in [2.75, 3.05) is 6.54 Å². The van der Waals surface area contributed by atoms with E-state index in [2.05, 4.69) is 20.8 Å². The Bertz CT molecular complexity index is 102. The fourth-order valence-corrected chi connectivity index (χ4v) is 1.88. The Morgan fingerprint density at radius 2 is 1.57 bits per heavy atom. The van der Waals surface area contributed by atoms with Gasteiger partial charge in [0.2, 0.25) is 0 Å². The lowest BCUT2D eigenvalue weighted by Gasteiger charge is -2.20. The van der Waals surface area contributed by atoms with E-state index in [-0.39, 0.29) is 12.4 Å². The normalized spacial score (nSPS) is 14.6. The molecule has 0 aliphatic carbocycles. The highest BCUT2D eigenvalue weighted by Crippen LogP contribution is 2.22. The van der Waals surface area contributed by atoms with Crippen molar-refractivity contribution in [3.8, 4) is 0 Å². The molecule has 0 aromatic heterocycles. The maximum absolute atomic E-state index is 5.71. The average molecular weight is 222 g/mol. The summed E-state index contributed by atoms with van der Waals surface area (Å²) in [5.41, 5.74) is 5.71. The van der Waals surface area contributed by atoms with Crippen molar-refractivity contribution >= 4 is 12.4 Å². The van der Waals surface area contributed by atoms with E-state index in [0.29, 0.717) is 0 Å². The van der Waals surface area contributed by atoms with Crippen LogP contribution in [0.1, 0.15) is 59.3 Å². The Kier molecular flexibility index (Phi) is 13.5. The molecule has 0 rings (SSSR count). The molecule has 0 spiro atoms. The molecule has 2 N–H and O–H groups in total. The van der Waals surface area contributed by atoms with Gasteiger partial charge in [-0.1, -0.05) is 52.9 Å². The number of halogens is 1. The molecule has 0 aromatic carbocycles. The lowest BCUT2D eigenvalue weighted by molar-refractivity contribution is 0.335. The first-order chi connectivity index (χ1) is 6.28. The smallest absolute Gasteiger partial charge is 0.00489 e. The monoisotopic (exact) mass is 221 g/mol. The minimum Gasteiger partial charge on any atom is -0.330 e. The van der Waals surface area contributed by atoms with E-state index < -0.39 is 0 Å². The zero-order valence-corrected chi connectivity index (χ0v) is 10.9. The third kappa shape index (κ3) is 7.64. The van der Waals surface area contributed by atoms with Gasteiger partial charge in [0.15, 0.2) is 0 Å². The van der Waals surface area contributed by atoms with Gasteiger partial charge in [-0.2, -0.15) is 0 Å². The molecule has 0 aliphatic rings. The van der Waals surface area contributed by atoms with Crippen LogP contribution in [0.5, 0.6) is 0 Å². The second kappa shape index (κ2) is 11.3. The Labute approximate surface area is 96.2 Å². The summed E-state index contributed by atoms with van der Waals surface area (Å²) in [6.45, 7) is 7.71. The fourth-order valence-electron chi connectivity index (χ4n) is 1.88. The summed E-state index contributed by atoms with van der Waals surface area (Å²) >= 11 is 0. The van der Waals surface area contributed by atoms with Gasteiger partial charge in [-0.05, 0) is 24.8 Å². The van der Waals surface area contributed by atoms with Gasteiger partial charge in [0, 0.05) is 0 Å². The minimum atomic E-state index is 0. The van der Waals surface area contributed by atoms with Gasteiger partial charge >= 0.3 is 0 Å². The maximum Gasteiger partial charge on any atom is -0.00489 e. The highest BCUT2D eigenvalue weighted by molar-refractivity contribution is 5.85. The first-order valence-corrected chi connectivity index (χ1v) is 5.98. The first kappa shape index (κ1) is 16.7. The van der Waals surface area contributed by atoms with E-state index >= 15 is 0 Å². The highest BCUT2D eigenvalue weighted by atomic mass is 35.5. The van der Waals surface area contributed by atoms with Gasteiger partial charge in [-0.3, -0.25) is 0 Å². The van der Waals surface area contributed by atoms with Crippen LogP contribution >= 0.6 is 12.4 Å². The van der Waals surface area contributed by atoms with Crippen LogP contribution in [-0.4, -0.2) is 6.54 Å². The van der Waals surface area contributed by atoms with E-state index in [0.717, 1.165) is 18.4 Å². The molecule has 0 saturated heterocycles. The van der Waals surface area contributed by atoms with Crippen LogP contribution in [0.3, 0.4) is 0 Å². The number of hydrogen-bond donors (Lipinski definition) is 1. The Morgan fingerprint density at radius 3 is 1.93 bits per heavy atom. The fraction of sp³-hybridized carbons (Fsp3) is 1.00. The maximum atomic E-state index is 5.71. The van der Waals surface area contributed by atoms with E-state index in [1.807, 2.05) is 0 Å². The zero-order valence-electron chi connectivity index (χ0n) is 10.1. The van der Waals surface area contributed by atoms with Gasteiger partial charge in [-0.25, -0.2) is 0 Å². The predicted molar refractivity (Wildman–Crippen MR) is 68.0 cm³/mol. The Hall–Kier alpha value is 0.250. The van der Waals surface area contributed by atoms with Gasteiger partial charge in [0.25, 0.3) is 0 Å². The zero-order chi connectivity index (χ0) is 10.1. The van der Waals surface area contributed by atoms with E-state index in [1.165, 1.54) is 38.5 Å². The molecule has 2 atom stereocenters. The third-order valence-electron chi connectivity index (χ3n) is 3.12. The van der Waals surface area contributed by atoms with Gasteiger partial charge < -0.3 is 5.73 Å². The van der Waals surface area contributed by atoms with Crippen molar-refractivity contribution < 1.29 is 0 Å². The molecule has 0 fully saturated rings. The molecule has 0 saturated carbocycles. The van der Waals surface area contributed by atoms with Crippen LogP contribution in [-0.2, 0) is 0 Å². The van der Waals surface area contributed by atoms with Crippen molar-refractivity contribution in [3.05, 3.63) is 0 Å². The number of nitrogens with two attached hydrogens (primary N) is 1. The predicted octanol–water partition coefficient (Wildman–Crippen LogP) is 4.00. The standard InChI is InChI=1S/C12H27N.ClH/c1-4-7-8-11(5-2)9-12(6-3)10-13;/h11-12H,4-10,13H2,1-3H3;1H. The molecule has 0 radical (unpaired) electrons. The van der Waals surface area contributed by atoms with Crippen LogP contribution in [0.15, 0.2) is 0 Å².